The van der Waals surface area contributed by atoms with Crippen molar-refractivity contribution in [2.24, 2.45) is 0 Å². The van der Waals surface area contributed by atoms with Crippen molar-refractivity contribution in [3.63, 3.8) is 0 Å². The number of phenols is 1. The Bertz CT molecular complexity index is 2900. The number of imidazole rings is 1. The Morgan fingerprint density at radius 3 is 2.10 bits per heavy atom. The van der Waals surface area contributed by atoms with Gasteiger partial charge in [-0.15, -0.1) is 29.3 Å². The Morgan fingerprint density at radius 1 is 0.678 bits per heavy atom. The maximum atomic E-state index is 11.7. The summed E-state index contributed by atoms with van der Waals surface area (Å²) in [5, 5.41) is 11.7. The topological polar surface area (TPSA) is 50.9 Å². The number of fused-ring (bicyclic) bond motifs is 1. The molecule has 8 aromatic rings. The van der Waals surface area contributed by atoms with Gasteiger partial charge < -0.3 is 5.11 Å². The van der Waals surface area contributed by atoms with Gasteiger partial charge in [-0.05, 0) is 106 Å². The van der Waals surface area contributed by atoms with Crippen LogP contribution in [-0.2, 0) is 26.5 Å². The molecule has 0 aliphatic heterocycles. The molecule has 0 atom stereocenters. The van der Waals surface area contributed by atoms with E-state index < -0.39 is 11.8 Å². The number of aromatic nitrogens is 3. The van der Waals surface area contributed by atoms with Crippen molar-refractivity contribution in [1.82, 2.24) is 14.5 Å². The molecule has 0 amide bonds. The average Bonchev–Trinajstić information content (AvgIpc) is 3.61. The van der Waals surface area contributed by atoms with E-state index in [9.17, 15) is 6.48 Å². The van der Waals surface area contributed by atoms with Crippen LogP contribution in [0.25, 0.3) is 72.7 Å². The summed E-state index contributed by atoms with van der Waals surface area (Å²) < 4.78 is 19.9. The first-order valence-electron chi connectivity index (χ1n) is 21.0. The molecular formula is C54H52N3OPt-. The van der Waals surface area contributed by atoms with Gasteiger partial charge in [0.2, 0.25) is 0 Å². The van der Waals surface area contributed by atoms with Gasteiger partial charge >= 0.3 is 0 Å². The maximum Gasteiger partial charge on any atom is 0.148 e. The summed E-state index contributed by atoms with van der Waals surface area (Å²) in [6, 6.07) is 47.3. The van der Waals surface area contributed by atoms with Crippen molar-refractivity contribution >= 4 is 11.0 Å². The van der Waals surface area contributed by atoms with E-state index in [1.165, 1.54) is 0 Å². The number of hydrogen-bond donors (Lipinski definition) is 1. The second-order valence-electron chi connectivity index (χ2n) is 17.0. The van der Waals surface area contributed by atoms with Crippen LogP contribution in [0.3, 0.4) is 0 Å². The van der Waals surface area contributed by atoms with E-state index in [1.54, 1.807) is 0 Å². The first kappa shape index (κ1) is 38.9. The van der Waals surface area contributed by atoms with Gasteiger partial charge in [0, 0.05) is 41.4 Å². The van der Waals surface area contributed by atoms with E-state index in [2.05, 4.69) is 110 Å². The van der Waals surface area contributed by atoms with Gasteiger partial charge in [0.05, 0.1) is 16.6 Å². The van der Waals surface area contributed by atoms with Crippen LogP contribution in [0.2, 0.25) is 0 Å². The molecule has 0 spiro atoms. The van der Waals surface area contributed by atoms with Crippen molar-refractivity contribution in [2.75, 3.05) is 0 Å². The predicted molar refractivity (Wildman–Crippen MR) is 243 cm³/mol. The van der Waals surface area contributed by atoms with E-state index in [0.717, 1.165) is 89.2 Å². The summed E-state index contributed by atoms with van der Waals surface area (Å²) in [6.07, 6.45) is 1.85. The van der Waals surface area contributed by atoms with Gasteiger partial charge in [-0.25, -0.2) is 4.98 Å². The fraction of sp³-hybridized carbons (Fsp3) is 0.222. The molecule has 0 fully saturated rings. The van der Waals surface area contributed by atoms with Crippen molar-refractivity contribution < 1.29 is 28.9 Å². The molecule has 0 aliphatic carbocycles. The molecular weight excluding hydrogens is 902 g/mol. The predicted octanol–water partition coefficient (Wildman–Crippen LogP) is 14.4. The zero-order valence-electron chi connectivity index (χ0n) is 37.3. The van der Waals surface area contributed by atoms with Crippen molar-refractivity contribution in [3.8, 4) is 67.5 Å². The molecule has 4 nitrogen and oxygen atoms in total. The van der Waals surface area contributed by atoms with Crippen molar-refractivity contribution in [3.05, 3.63) is 167 Å². The number of rotatable bonds is 8. The van der Waals surface area contributed by atoms with Crippen LogP contribution in [0.4, 0.5) is 0 Å². The minimum atomic E-state index is -0.905. The Morgan fingerprint density at radius 2 is 1.41 bits per heavy atom. The van der Waals surface area contributed by atoms with Crippen molar-refractivity contribution in [2.45, 2.75) is 79.5 Å². The Balaban J connectivity index is 0.00000561. The van der Waals surface area contributed by atoms with Crippen molar-refractivity contribution in [1.29, 1.82) is 0 Å². The molecule has 0 aliphatic rings. The van der Waals surface area contributed by atoms with E-state index in [0.29, 0.717) is 11.4 Å². The molecule has 300 valence electrons. The summed E-state index contributed by atoms with van der Waals surface area (Å²) in [6.45, 7) is 18.3. The smallest absolute Gasteiger partial charge is 0.148 e. The number of pyridine rings is 1. The van der Waals surface area contributed by atoms with Crippen LogP contribution < -0.4 is 0 Å². The van der Waals surface area contributed by atoms with Crippen LogP contribution >= 0.6 is 0 Å². The number of phenolic OH excluding ortho intramolecular Hbond substituents is 1. The quantitative estimate of drug-likeness (QED) is 0.154. The monoisotopic (exact) mass is 955 g/mol. The zero-order chi connectivity index (χ0) is 42.7. The summed E-state index contributed by atoms with van der Waals surface area (Å²) in [5.41, 5.74) is 15.4. The molecule has 6 aromatic carbocycles. The number of benzene rings is 6. The van der Waals surface area contributed by atoms with Gasteiger partial charge in [-0.2, -0.15) is 0 Å². The minimum Gasteiger partial charge on any atom is -0.507 e. The molecule has 59 heavy (non-hydrogen) atoms. The average molecular weight is 956 g/mol. The Hall–Kier alpha value is -5.57. The van der Waals surface area contributed by atoms with Crippen LogP contribution in [-0.4, -0.2) is 19.6 Å². The summed E-state index contributed by atoms with van der Waals surface area (Å²) in [7, 11) is 0. The summed E-state index contributed by atoms with van der Waals surface area (Å²) >= 11 is 0. The molecule has 2 aromatic heterocycles. The van der Waals surface area contributed by atoms with E-state index >= 15 is 0 Å². The molecule has 0 saturated carbocycles. The molecule has 5 heteroatoms. The fourth-order valence-corrected chi connectivity index (χ4v) is 7.88. The summed E-state index contributed by atoms with van der Waals surface area (Å²) in [4.78, 5) is 10.3. The SMILES string of the molecule is [2H]C(C)(C)c1ccc(-c2ccnc(-c3[c-]c(-c4cccc5c4nc(-c4cc(C)cc(C)c4O)n5-c4ccc(-c5ccccc5)c(C([2H])(C)C)c4)cc(C(C)(C)C)c3)c2)cc1.[Pt]. The molecule has 0 unspecified atom stereocenters. The van der Waals surface area contributed by atoms with E-state index in [-0.39, 0.29) is 32.2 Å². The molecule has 0 saturated heterocycles. The van der Waals surface area contributed by atoms with Gasteiger partial charge in [-0.1, -0.05) is 145 Å². The second-order valence-corrected chi connectivity index (χ2v) is 17.0. The normalized spacial score (nSPS) is 12.6. The van der Waals surface area contributed by atoms with Gasteiger partial charge in [0.1, 0.15) is 11.6 Å². The third-order valence-electron chi connectivity index (χ3n) is 11.1. The summed E-state index contributed by atoms with van der Waals surface area (Å²) in [5.74, 6) is -0.774. The van der Waals surface area contributed by atoms with Crippen LogP contribution in [0.1, 0.15) is 90.8 Å². The molecule has 0 bridgehead atoms. The maximum absolute atomic E-state index is 11.7. The number of nitrogens with zero attached hydrogens (tertiary/aromatic N) is 3. The number of para-hydroxylation sites is 1. The Kier molecular flexibility index (Phi) is 10.9. The Labute approximate surface area is 367 Å². The fourth-order valence-electron chi connectivity index (χ4n) is 7.88. The first-order valence-corrected chi connectivity index (χ1v) is 20.0. The third kappa shape index (κ3) is 8.21. The number of hydrogen-bond acceptors (Lipinski definition) is 3. The van der Waals surface area contributed by atoms with Gasteiger partial charge in [0.15, 0.2) is 0 Å². The van der Waals surface area contributed by atoms with Crippen LogP contribution in [0, 0.1) is 19.9 Å². The molecule has 2 heterocycles. The number of aromatic hydroxyl groups is 1. The standard InChI is InChI=1S/C54H52N3O.Pt/c1-33(2)37-18-20-38(21-19-37)40-24-25-55-49(31-40)42-28-41(29-43(30-42)54(7,8)9)46-16-13-17-50-51(46)56-53(48-27-35(5)26-36(6)52(48)58)57(50)44-22-23-45(47(32-44)34(3)4)39-14-11-10-12-15-39;/h10-27,29-34,58H,1-9H3;/q-1;/i33D,34D;. The molecule has 8 rings (SSSR count). The second kappa shape index (κ2) is 16.6. The van der Waals surface area contributed by atoms with Gasteiger partial charge in [-0.3, -0.25) is 9.55 Å². The molecule has 0 radical (unpaired) electrons. The molecule has 1 N–H and O–H groups in total. The number of aryl methyl sites for hydroxylation is 2. The van der Waals surface area contributed by atoms with E-state index in [1.807, 2.05) is 96.3 Å². The third-order valence-corrected chi connectivity index (χ3v) is 11.1. The zero-order valence-corrected chi connectivity index (χ0v) is 37.6. The van der Waals surface area contributed by atoms with Crippen LogP contribution in [0.15, 0.2) is 134 Å². The first-order chi connectivity index (χ1) is 28.4. The minimum absolute atomic E-state index is 0. The largest absolute Gasteiger partial charge is 0.507 e. The van der Waals surface area contributed by atoms with E-state index in [4.69, 9.17) is 11.3 Å². The van der Waals surface area contributed by atoms with Crippen LogP contribution in [0.5, 0.6) is 5.75 Å². The van der Waals surface area contributed by atoms with Gasteiger partial charge in [0.25, 0.3) is 0 Å².